The van der Waals surface area contributed by atoms with Gasteiger partial charge in [-0.1, -0.05) is 6.42 Å². The van der Waals surface area contributed by atoms with Crippen LogP contribution in [-0.4, -0.2) is 38.6 Å². The summed E-state index contributed by atoms with van der Waals surface area (Å²) in [4.78, 5) is 35.4. The molecule has 6 heteroatoms. The lowest BCUT2D eigenvalue weighted by Gasteiger charge is -2.13. The van der Waals surface area contributed by atoms with Crippen molar-refractivity contribution >= 4 is 50.0 Å². The van der Waals surface area contributed by atoms with E-state index in [9.17, 15) is 14.4 Å². The van der Waals surface area contributed by atoms with Gasteiger partial charge in [0.15, 0.2) is 3.79 Å². The smallest absolute Gasteiger partial charge is 0.242 e. The fourth-order valence-electron chi connectivity index (χ4n) is 1.78. The molecule has 1 atom stereocenters. The summed E-state index contributed by atoms with van der Waals surface area (Å²) < 4.78 is 0.165. The molecule has 0 aliphatic carbocycles. The van der Waals surface area contributed by atoms with Gasteiger partial charge in [0.2, 0.25) is 11.8 Å². The van der Waals surface area contributed by atoms with Crippen LogP contribution in [0.2, 0.25) is 0 Å². The molecule has 0 spiro atoms. The summed E-state index contributed by atoms with van der Waals surface area (Å²) in [6.07, 6.45) is 5.29. The van der Waals surface area contributed by atoms with Gasteiger partial charge in [0.1, 0.15) is 0 Å². The Hall–Kier alpha value is -0.110. The molecule has 4 nitrogen and oxygen atoms in total. The van der Waals surface area contributed by atoms with E-state index in [-0.39, 0.29) is 20.9 Å². The molecule has 1 saturated heterocycles. The standard InChI is InChI=1S/C11H16INO3S/c1-17-8-7-10(15)13(11(8)16)6-4-2-3-5-9(12)14/h8H,2-7H2,1H3. The molecule has 1 aliphatic heterocycles. The van der Waals surface area contributed by atoms with Crippen LogP contribution in [0.15, 0.2) is 0 Å². The minimum Gasteiger partial charge on any atom is -0.288 e. The Labute approximate surface area is 119 Å². The van der Waals surface area contributed by atoms with Gasteiger partial charge in [-0.25, -0.2) is 0 Å². The van der Waals surface area contributed by atoms with Gasteiger partial charge in [-0.05, 0) is 41.7 Å². The molecule has 0 radical (unpaired) electrons. The number of carbonyl (C=O) groups excluding carboxylic acids is 3. The van der Waals surface area contributed by atoms with Gasteiger partial charge in [0.05, 0.1) is 5.25 Å². The zero-order chi connectivity index (χ0) is 12.8. The van der Waals surface area contributed by atoms with Crippen molar-refractivity contribution in [2.24, 2.45) is 0 Å². The summed E-state index contributed by atoms with van der Waals surface area (Å²) >= 11 is 3.22. The van der Waals surface area contributed by atoms with Gasteiger partial charge < -0.3 is 0 Å². The van der Waals surface area contributed by atoms with Crippen LogP contribution in [-0.2, 0) is 14.4 Å². The Morgan fingerprint density at radius 2 is 2.12 bits per heavy atom. The van der Waals surface area contributed by atoms with E-state index in [0.29, 0.717) is 19.4 Å². The monoisotopic (exact) mass is 369 g/mol. The number of imide groups is 1. The first kappa shape index (κ1) is 14.9. The van der Waals surface area contributed by atoms with Gasteiger partial charge >= 0.3 is 0 Å². The number of hydrogen-bond donors (Lipinski definition) is 0. The molecule has 1 unspecified atom stereocenters. The third kappa shape index (κ3) is 4.57. The molecule has 96 valence electrons. The van der Waals surface area contributed by atoms with Crippen molar-refractivity contribution in [3.05, 3.63) is 0 Å². The van der Waals surface area contributed by atoms with Crippen LogP contribution in [0.25, 0.3) is 0 Å². The molecule has 0 aromatic rings. The molecule has 0 aromatic heterocycles. The Kier molecular flexibility index (Phi) is 6.47. The molecule has 1 rings (SSSR count). The maximum Gasteiger partial charge on any atom is 0.242 e. The van der Waals surface area contributed by atoms with E-state index in [1.165, 1.54) is 16.7 Å². The topological polar surface area (TPSA) is 54.5 Å². The van der Waals surface area contributed by atoms with Crippen molar-refractivity contribution in [1.29, 1.82) is 0 Å². The van der Waals surface area contributed by atoms with Crippen LogP contribution >= 0.6 is 34.4 Å². The number of amides is 2. The molecule has 0 saturated carbocycles. The predicted octanol–water partition coefficient (Wildman–Crippen LogP) is 2.00. The van der Waals surface area contributed by atoms with Crippen molar-refractivity contribution in [1.82, 2.24) is 4.90 Å². The number of thioether (sulfide) groups is 1. The van der Waals surface area contributed by atoms with Crippen LogP contribution in [0.5, 0.6) is 0 Å². The van der Waals surface area contributed by atoms with Crippen molar-refractivity contribution in [2.75, 3.05) is 12.8 Å². The van der Waals surface area contributed by atoms with E-state index in [1.807, 2.05) is 6.26 Å². The maximum atomic E-state index is 11.7. The summed E-state index contributed by atoms with van der Waals surface area (Å²) in [5, 5.41) is -0.182. The second-order valence-corrected chi connectivity index (χ2v) is 6.22. The zero-order valence-corrected chi connectivity index (χ0v) is 12.8. The zero-order valence-electron chi connectivity index (χ0n) is 9.78. The number of halogens is 1. The highest BCUT2D eigenvalue weighted by atomic mass is 127. The van der Waals surface area contributed by atoms with Crippen LogP contribution < -0.4 is 0 Å². The van der Waals surface area contributed by atoms with E-state index >= 15 is 0 Å². The molecule has 1 fully saturated rings. The normalized spacial score (nSPS) is 20.1. The van der Waals surface area contributed by atoms with Gasteiger partial charge in [-0.15, -0.1) is 0 Å². The first-order valence-electron chi connectivity index (χ1n) is 5.61. The summed E-state index contributed by atoms with van der Waals surface area (Å²) in [6, 6.07) is 0. The van der Waals surface area contributed by atoms with Crippen molar-refractivity contribution in [2.45, 2.75) is 37.4 Å². The number of likely N-dealkylation sites (tertiary alicyclic amines) is 1. The number of hydrogen-bond acceptors (Lipinski definition) is 4. The van der Waals surface area contributed by atoms with Crippen LogP contribution in [0.3, 0.4) is 0 Å². The Morgan fingerprint density at radius 3 is 2.65 bits per heavy atom. The van der Waals surface area contributed by atoms with E-state index < -0.39 is 0 Å². The molecular formula is C11H16INO3S. The first-order valence-corrected chi connectivity index (χ1v) is 7.98. The van der Waals surface area contributed by atoms with E-state index in [0.717, 1.165) is 19.3 Å². The maximum absolute atomic E-state index is 11.7. The average Bonchev–Trinajstić information content (AvgIpc) is 2.54. The van der Waals surface area contributed by atoms with Gasteiger partial charge in [0.25, 0.3) is 0 Å². The summed E-state index contributed by atoms with van der Waals surface area (Å²) in [5.41, 5.74) is 0. The first-order chi connectivity index (χ1) is 8.06. The lowest BCUT2D eigenvalue weighted by Crippen LogP contribution is -2.32. The lowest BCUT2D eigenvalue weighted by atomic mass is 10.2. The van der Waals surface area contributed by atoms with Crippen LogP contribution in [0.1, 0.15) is 32.1 Å². The minimum absolute atomic E-state index is 0.0486. The fraction of sp³-hybridized carbons (Fsp3) is 0.727. The Morgan fingerprint density at radius 1 is 1.41 bits per heavy atom. The second-order valence-electron chi connectivity index (χ2n) is 3.98. The highest BCUT2D eigenvalue weighted by Gasteiger charge is 2.37. The van der Waals surface area contributed by atoms with Crippen LogP contribution in [0, 0.1) is 0 Å². The number of rotatable bonds is 7. The van der Waals surface area contributed by atoms with Gasteiger partial charge in [-0.2, -0.15) is 11.8 Å². The largest absolute Gasteiger partial charge is 0.288 e. The average molecular weight is 369 g/mol. The van der Waals surface area contributed by atoms with Crippen molar-refractivity contribution in [3.8, 4) is 0 Å². The van der Waals surface area contributed by atoms with Gasteiger partial charge in [-0.3, -0.25) is 19.3 Å². The lowest BCUT2D eigenvalue weighted by molar-refractivity contribution is -0.138. The molecule has 0 bridgehead atoms. The molecule has 1 aliphatic rings. The third-order valence-corrected chi connectivity index (χ3v) is 4.22. The van der Waals surface area contributed by atoms with E-state index in [1.54, 1.807) is 22.6 Å². The Bertz CT molecular complexity index is 322. The number of carbonyl (C=O) groups is 3. The third-order valence-electron chi connectivity index (χ3n) is 2.74. The summed E-state index contributed by atoms with van der Waals surface area (Å²) in [7, 11) is 0. The molecule has 2 amide bonds. The van der Waals surface area contributed by atoms with E-state index in [2.05, 4.69) is 0 Å². The van der Waals surface area contributed by atoms with Gasteiger partial charge in [0, 0.05) is 19.4 Å². The molecule has 0 aromatic carbocycles. The molecule has 0 N–H and O–H groups in total. The fourth-order valence-corrected chi connectivity index (χ4v) is 2.80. The highest BCUT2D eigenvalue weighted by molar-refractivity contribution is 14.1. The highest BCUT2D eigenvalue weighted by Crippen LogP contribution is 2.23. The van der Waals surface area contributed by atoms with E-state index in [4.69, 9.17) is 0 Å². The molecule has 1 heterocycles. The van der Waals surface area contributed by atoms with Crippen LogP contribution in [0.4, 0.5) is 0 Å². The second kappa shape index (κ2) is 7.35. The number of nitrogens with zero attached hydrogens (tertiary/aromatic N) is 1. The summed E-state index contributed by atoms with van der Waals surface area (Å²) in [6.45, 7) is 0.504. The SMILES string of the molecule is CSC1CC(=O)N(CCCCCC(=O)I)C1=O. The van der Waals surface area contributed by atoms with Crippen molar-refractivity contribution in [3.63, 3.8) is 0 Å². The minimum atomic E-state index is -0.182. The van der Waals surface area contributed by atoms with Crippen molar-refractivity contribution < 1.29 is 14.4 Å². The molecule has 17 heavy (non-hydrogen) atoms. The quantitative estimate of drug-likeness (QED) is 0.298. The predicted molar refractivity (Wildman–Crippen MR) is 76.1 cm³/mol. The Balaban J connectivity index is 2.25. The number of unbranched alkanes of at least 4 members (excludes halogenated alkanes) is 2. The molecular weight excluding hydrogens is 353 g/mol. The summed E-state index contributed by atoms with van der Waals surface area (Å²) in [5.74, 6) is -0.105.